The molecular formula is C14H18N2O. The van der Waals surface area contributed by atoms with Crippen molar-refractivity contribution >= 4 is 12.0 Å². The third-order valence-corrected chi connectivity index (χ3v) is 2.90. The average Bonchev–Trinajstić information content (AvgIpc) is 2.34. The van der Waals surface area contributed by atoms with E-state index in [2.05, 4.69) is 28.8 Å². The van der Waals surface area contributed by atoms with Gasteiger partial charge in [0, 0.05) is 20.0 Å². The van der Waals surface area contributed by atoms with Crippen LogP contribution in [0.25, 0.3) is 6.08 Å². The number of amides is 1. The molecule has 0 atom stereocenters. The van der Waals surface area contributed by atoms with E-state index in [-0.39, 0.29) is 5.91 Å². The summed E-state index contributed by atoms with van der Waals surface area (Å²) >= 11 is 0. The SMILES string of the molecule is CC(=O)NCC=Cc1ccc2c(c1)CNCC2. The number of rotatable bonds is 3. The number of fused-ring (bicyclic) bond motifs is 1. The molecule has 2 N–H and O–H groups in total. The maximum Gasteiger partial charge on any atom is 0.217 e. The topological polar surface area (TPSA) is 41.1 Å². The Bertz CT molecular complexity index is 438. The molecule has 0 saturated heterocycles. The number of nitrogens with one attached hydrogen (secondary N) is 2. The summed E-state index contributed by atoms with van der Waals surface area (Å²) in [6.45, 7) is 4.15. The molecule has 1 aromatic carbocycles. The minimum atomic E-state index is 0.00397. The summed E-state index contributed by atoms with van der Waals surface area (Å²) in [4.78, 5) is 10.7. The van der Waals surface area contributed by atoms with E-state index in [0.717, 1.165) is 19.5 Å². The Kier molecular flexibility index (Phi) is 3.94. The molecule has 90 valence electrons. The second kappa shape index (κ2) is 5.64. The van der Waals surface area contributed by atoms with Crippen LogP contribution in [-0.2, 0) is 17.8 Å². The Hall–Kier alpha value is -1.61. The highest BCUT2D eigenvalue weighted by Gasteiger charge is 2.07. The Morgan fingerprint density at radius 2 is 2.35 bits per heavy atom. The second-order valence-electron chi connectivity index (χ2n) is 4.29. The van der Waals surface area contributed by atoms with Crippen LogP contribution in [0.2, 0.25) is 0 Å². The Morgan fingerprint density at radius 1 is 1.47 bits per heavy atom. The lowest BCUT2D eigenvalue weighted by molar-refractivity contribution is -0.118. The van der Waals surface area contributed by atoms with Crippen molar-refractivity contribution in [1.82, 2.24) is 10.6 Å². The number of hydrogen-bond donors (Lipinski definition) is 2. The first-order chi connectivity index (χ1) is 8.25. The number of benzene rings is 1. The van der Waals surface area contributed by atoms with E-state index < -0.39 is 0 Å². The summed E-state index contributed by atoms with van der Waals surface area (Å²) in [7, 11) is 0. The van der Waals surface area contributed by atoms with Crippen LogP contribution in [0.4, 0.5) is 0 Å². The quantitative estimate of drug-likeness (QED) is 0.826. The fraction of sp³-hybridized carbons (Fsp3) is 0.357. The summed E-state index contributed by atoms with van der Waals surface area (Å²) < 4.78 is 0. The predicted octanol–water partition coefficient (Wildman–Crippen LogP) is 1.48. The number of carbonyl (C=O) groups is 1. The highest BCUT2D eigenvalue weighted by molar-refractivity contribution is 5.73. The molecule has 0 saturated carbocycles. The van der Waals surface area contributed by atoms with E-state index >= 15 is 0 Å². The Labute approximate surface area is 102 Å². The molecule has 0 unspecified atom stereocenters. The van der Waals surface area contributed by atoms with Gasteiger partial charge in [-0.3, -0.25) is 4.79 Å². The van der Waals surface area contributed by atoms with Crippen LogP contribution in [0.1, 0.15) is 23.6 Å². The van der Waals surface area contributed by atoms with Crippen molar-refractivity contribution in [3.05, 3.63) is 41.0 Å². The van der Waals surface area contributed by atoms with Gasteiger partial charge in [0.1, 0.15) is 0 Å². The molecule has 0 bridgehead atoms. The van der Waals surface area contributed by atoms with Crippen molar-refractivity contribution in [3.8, 4) is 0 Å². The number of hydrogen-bond acceptors (Lipinski definition) is 2. The van der Waals surface area contributed by atoms with Gasteiger partial charge in [-0.25, -0.2) is 0 Å². The first kappa shape index (κ1) is 11.9. The van der Waals surface area contributed by atoms with Gasteiger partial charge in [0.15, 0.2) is 0 Å². The van der Waals surface area contributed by atoms with Crippen LogP contribution in [0.5, 0.6) is 0 Å². The minimum Gasteiger partial charge on any atom is -0.353 e. The largest absolute Gasteiger partial charge is 0.353 e. The third kappa shape index (κ3) is 3.43. The molecule has 1 aromatic rings. The molecule has 0 radical (unpaired) electrons. The Morgan fingerprint density at radius 3 is 3.18 bits per heavy atom. The smallest absolute Gasteiger partial charge is 0.217 e. The van der Waals surface area contributed by atoms with E-state index in [1.165, 1.54) is 23.6 Å². The highest BCUT2D eigenvalue weighted by atomic mass is 16.1. The van der Waals surface area contributed by atoms with Crippen molar-refractivity contribution in [2.45, 2.75) is 19.9 Å². The minimum absolute atomic E-state index is 0.00397. The lowest BCUT2D eigenvalue weighted by Crippen LogP contribution is -2.23. The van der Waals surface area contributed by atoms with Crippen molar-refractivity contribution < 1.29 is 4.79 Å². The summed E-state index contributed by atoms with van der Waals surface area (Å²) in [6, 6.07) is 6.55. The fourth-order valence-corrected chi connectivity index (χ4v) is 2.00. The van der Waals surface area contributed by atoms with Gasteiger partial charge >= 0.3 is 0 Å². The molecule has 0 aromatic heterocycles. The van der Waals surface area contributed by atoms with E-state index in [1.807, 2.05) is 12.2 Å². The third-order valence-electron chi connectivity index (χ3n) is 2.90. The maximum absolute atomic E-state index is 10.7. The Balaban J connectivity index is 1.99. The molecule has 0 fully saturated rings. The standard InChI is InChI=1S/C14H18N2O/c1-11(17)16-7-2-3-12-4-5-13-6-8-15-10-14(13)9-12/h2-5,9,15H,6-8,10H2,1H3,(H,16,17). The van der Waals surface area contributed by atoms with Gasteiger partial charge in [-0.05, 0) is 29.7 Å². The van der Waals surface area contributed by atoms with Gasteiger partial charge < -0.3 is 10.6 Å². The molecule has 0 spiro atoms. The summed E-state index contributed by atoms with van der Waals surface area (Å²) in [5, 5.41) is 6.11. The molecule has 1 amide bonds. The molecular weight excluding hydrogens is 212 g/mol. The van der Waals surface area contributed by atoms with Gasteiger partial charge in [-0.15, -0.1) is 0 Å². The van der Waals surface area contributed by atoms with Crippen molar-refractivity contribution in [1.29, 1.82) is 0 Å². The molecule has 0 aliphatic carbocycles. The van der Waals surface area contributed by atoms with E-state index in [0.29, 0.717) is 6.54 Å². The first-order valence-corrected chi connectivity index (χ1v) is 5.99. The molecule has 3 nitrogen and oxygen atoms in total. The summed E-state index contributed by atoms with van der Waals surface area (Å²) in [6.07, 6.45) is 5.13. The molecule has 2 rings (SSSR count). The van der Waals surface area contributed by atoms with Gasteiger partial charge in [-0.1, -0.05) is 30.4 Å². The molecule has 1 heterocycles. The molecule has 17 heavy (non-hydrogen) atoms. The van der Waals surface area contributed by atoms with E-state index in [1.54, 1.807) is 0 Å². The van der Waals surface area contributed by atoms with Crippen LogP contribution in [0.3, 0.4) is 0 Å². The van der Waals surface area contributed by atoms with Crippen molar-refractivity contribution in [3.63, 3.8) is 0 Å². The normalized spacial score (nSPS) is 14.6. The van der Waals surface area contributed by atoms with Gasteiger partial charge in [-0.2, -0.15) is 0 Å². The van der Waals surface area contributed by atoms with Crippen molar-refractivity contribution in [2.24, 2.45) is 0 Å². The van der Waals surface area contributed by atoms with Crippen LogP contribution >= 0.6 is 0 Å². The van der Waals surface area contributed by atoms with Crippen molar-refractivity contribution in [2.75, 3.05) is 13.1 Å². The van der Waals surface area contributed by atoms with Crippen LogP contribution in [0.15, 0.2) is 24.3 Å². The zero-order valence-electron chi connectivity index (χ0n) is 10.1. The second-order valence-corrected chi connectivity index (χ2v) is 4.29. The highest BCUT2D eigenvalue weighted by Crippen LogP contribution is 2.16. The molecule has 1 aliphatic rings. The predicted molar refractivity (Wildman–Crippen MR) is 69.6 cm³/mol. The molecule has 1 aliphatic heterocycles. The van der Waals surface area contributed by atoms with Gasteiger partial charge in [0.05, 0.1) is 0 Å². The van der Waals surface area contributed by atoms with Crippen LogP contribution in [-0.4, -0.2) is 19.0 Å². The lowest BCUT2D eigenvalue weighted by Gasteiger charge is -2.17. The zero-order valence-corrected chi connectivity index (χ0v) is 10.1. The average molecular weight is 230 g/mol. The molecule has 3 heteroatoms. The monoisotopic (exact) mass is 230 g/mol. The van der Waals surface area contributed by atoms with Crippen LogP contribution < -0.4 is 10.6 Å². The van der Waals surface area contributed by atoms with E-state index in [4.69, 9.17) is 0 Å². The lowest BCUT2D eigenvalue weighted by atomic mass is 9.98. The van der Waals surface area contributed by atoms with Gasteiger partial charge in [0.25, 0.3) is 0 Å². The first-order valence-electron chi connectivity index (χ1n) is 5.99. The summed E-state index contributed by atoms with van der Waals surface area (Å²) in [5.41, 5.74) is 4.03. The summed E-state index contributed by atoms with van der Waals surface area (Å²) in [5.74, 6) is 0.00397. The number of carbonyl (C=O) groups excluding carboxylic acids is 1. The van der Waals surface area contributed by atoms with E-state index in [9.17, 15) is 4.79 Å². The fourth-order valence-electron chi connectivity index (χ4n) is 2.00. The maximum atomic E-state index is 10.7. The van der Waals surface area contributed by atoms with Crippen LogP contribution in [0, 0.1) is 0 Å². The van der Waals surface area contributed by atoms with Gasteiger partial charge in [0.2, 0.25) is 5.91 Å². The zero-order chi connectivity index (χ0) is 12.1.